The molecule has 1 heterocycles. The van der Waals surface area contributed by atoms with E-state index < -0.39 is 0 Å². The van der Waals surface area contributed by atoms with E-state index in [9.17, 15) is 9.59 Å². The molecule has 0 spiro atoms. The zero-order valence-electron chi connectivity index (χ0n) is 19.1. The van der Waals surface area contributed by atoms with E-state index in [0.29, 0.717) is 22.0 Å². The van der Waals surface area contributed by atoms with Gasteiger partial charge in [-0.1, -0.05) is 41.9 Å². The SMILES string of the molecule is CC(=O)c1c(C)n(-c2ccc(Cl)cc2)c2ccc(OCC(=O)N/N=C(/C)c3ccccc3)cc12. The summed E-state index contributed by atoms with van der Waals surface area (Å²) in [5.74, 6) is 0.0649. The molecule has 0 aliphatic rings. The smallest absolute Gasteiger partial charge is 0.277 e. The van der Waals surface area contributed by atoms with Gasteiger partial charge < -0.3 is 9.30 Å². The van der Waals surface area contributed by atoms with Crippen molar-refractivity contribution in [3.63, 3.8) is 0 Å². The predicted molar refractivity (Wildman–Crippen MR) is 135 cm³/mol. The van der Waals surface area contributed by atoms with Crippen LogP contribution in [0.1, 0.15) is 35.5 Å². The molecule has 0 bridgehead atoms. The lowest BCUT2D eigenvalue weighted by molar-refractivity contribution is -0.123. The number of amides is 1. The molecule has 0 radical (unpaired) electrons. The van der Waals surface area contributed by atoms with Crippen molar-refractivity contribution in [2.45, 2.75) is 20.8 Å². The number of hydrazone groups is 1. The molecule has 4 rings (SSSR count). The number of hydrogen-bond acceptors (Lipinski definition) is 4. The van der Waals surface area contributed by atoms with Gasteiger partial charge in [0.25, 0.3) is 5.91 Å². The molecule has 0 unspecified atom stereocenters. The van der Waals surface area contributed by atoms with Crippen LogP contribution in [0.5, 0.6) is 5.75 Å². The Bertz CT molecular complexity index is 1390. The van der Waals surface area contributed by atoms with Crippen molar-refractivity contribution >= 4 is 39.9 Å². The van der Waals surface area contributed by atoms with E-state index in [1.165, 1.54) is 0 Å². The fourth-order valence-electron chi connectivity index (χ4n) is 3.93. The molecule has 1 amide bonds. The van der Waals surface area contributed by atoms with Crippen LogP contribution in [0.25, 0.3) is 16.6 Å². The van der Waals surface area contributed by atoms with Gasteiger partial charge in [0.2, 0.25) is 0 Å². The van der Waals surface area contributed by atoms with Crippen LogP contribution >= 0.6 is 11.6 Å². The average molecular weight is 474 g/mol. The van der Waals surface area contributed by atoms with Crippen LogP contribution in [-0.4, -0.2) is 28.6 Å². The van der Waals surface area contributed by atoms with Crippen molar-refractivity contribution < 1.29 is 14.3 Å². The van der Waals surface area contributed by atoms with Gasteiger partial charge in [0.1, 0.15) is 5.75 Å². The number of rotatable bonds is 7. The Labute approximate surface area is 202 Å². The highest BCUT2D eigenvalue weighted by molar-refractivity contribution is 6.30. The van der Waals surface area contributed by atoms with Gasteiger partial charge in [0, 0.05) is 27.4 Å². The number of hydrogen-bond donors (Lipinski definition) is 1. The lowest BCUT2D eigenvalue weighted by atomic mass is 10.1. The predicted octanol–water partition coefficient (Wildman–Crippen LogP) is 5.71. The van der Waals surface area contributed by atoms with E-state index >= 15 is 0 Å². The molecule has 6 nitrogen and oxygen atoms in total. The van der Waals surface area contributed by atoms with E-state index in [-0.39, 0.29) is 18.3 Å². The number of halogens is 1. The Morgan fingerprint density at radius 2 is 1.71 bits per heavy atom. The molecular formula is C27H24ClN3O3. The molecular weight excluding hydrogens is 450 g/mol. The monoisotopic (exact) mass is 473 g/mol. The Balaban J connectivity index is 1.55. The zero-order chi connectivity index (χ0) is 24.2. The Morgan fingerprint density at radius 3 is 2.38 bits per heavy atom. The van der Waals surface area contributed by atoms with Gasteiger partial charge in [0.15, 0.2) is 12.4 Å². The van der Waals surface area contributed by atoms with Crippen molar-refractivity contribution in [3.05, 3.63) is 94.6 Å². The topological polar surface area (TPSA) is 72.7 Å². The minimum Gasteiger partial charge on any atom is -0.484 e. The van der Waals surface area contributed by atoms with E-state index in [4.69, 9.17) is 16.3 Å². The number of fused-ring (bicyclic) bond motifs is 1. The molecule has 0 saturated carbocycles. The summed E-state index contributed by atoms with van der Waals surface area (Å²) >= 11 is 6.04. The van der Waals surface area contributed by atoms with E-state index in [2.05, 4.69) is 10.5 Å². The molecule has 0 fully saturated rings. The number of carbonyl (C=O) groups excluding carboxylic acids is 2. The fraction of sp³-hybridized carbons (Fsp3) is 0.148. The zero-order valence-corrected chi connectivity index (χ0v) is 19.9. The molecule has 4 aromatic rings. The van der Waals surface area contributed by atoms with Gasteiger partial charge in [-0.2, -0.15) is 5.10 Å². The summed E-state index contributed by atoms with van der Waals surface area (Å²) in [7, 11) is 0. The Hall–Kier alpha value is -3.90. The van der Waals surface area contributed by atoms with Crippen molar-refractivity contribution in [1.82, 2.24) is 9.99 Å². The normalized spacial score (nSPS) is 11.5. The quantitative estimate of drug-likeness (QED) is 0.212. The van der Waals surface area contributed by atoms with Crippen molar-refractivity contribution in [1.29, 1.82) is 0 Å². The second-order valence-electron chi connectivity index (χ2n) is 7.89. The van der Waals surface area contributed by atoms with Crippen molar-refractivity contribution in [3.8, 4) is 11.4 Å². The molecule has 172 valence electrons. The highest BCUT2D eigenvalue weighted by Crippen LogP contribution is 2.32. The summed E-state index contributed by atoms with van der Waals surface area (Å²) < 4.78 is 7.71. The summed E-state index contributed by atoms with van der Waals surface area (Å²) in [6.07, 6.45) is 0. The minimum absolute atomic E-state index is 0.0455. The molecule has 3 aromatic carbocycles. The minimum atomic E-state index is -0.378. The highest BCUT2D eigenvalue weighted by atomic mass is 35.5. The van der Waals surface area contributed by atoms with Crippen LogP contribution in [0.4, 0.5) is 0 Å². The number of ether oxygens (including phenoxy) is 1. The van der Waals surface area contributed by atoms with Gasteiger partial charge in [-0.05, 0) is 68.8 Å². The first-order chi connectivity index (χ1) is 16.3. The molecule has 0 aliphatic heterocycles. The summed E-state index contributed by atoms with van der Waals surface area (Å²) in [4.78, 5) is 24.7. The molecule has 7 heteroatoms. The maximum atomic E-state index is 12.5. The van der Waals surface area contributed by atoms with Crippen LogP contribution < -0.4 is 10.2 Å². The third-order valence-corrected chi connectivity index (χ3v) is 5.77. The van der Waals surface area contributed by atoms with Crippen LogP contribution in [0.3, 0.4) is 0 Å². The number of nitrogens with one attached hydrogen (secondary N) is 1. The fourth-order valence-corrected chi connectivity index (χ4v) is 4.05. The van der Waals surface area contributed by atoms with Gasteiger partial charge >= 0.3 is 0 Å². The third-order valence-electron chi connectivity index (χ3n) is 5.52. The molecule has 1 N–H and O–H groups in total. The number of benzene rings is 3. The third kappa shape index (κ3) is 4.87. The number of Topliss-reactive ketones (excluding diaryl/α,β-unsaturated/α-hetero) is 1. The van der Waals surface area contributed by atoms with E-state index in [1.54, 1.807) is 19.1 Å². The molecule has 1 aromatic heterocycles. The summed E-state index contributed by atoms with van der Waals surface area (Å²) in [5, 5.41) is 5.53. The lowest BCUT2D eigenvalue weighted by Crippen LogP contribution is -2.25. The molecule has 0 atom stereocenters. The second kappa shape index (κ2) is 9.93. The average Bonchev–Trinajstić information content (AvgIpc) is 3.13. The Kier molecular flexibility index (Phi) is 6.80. The molecule has 0 saturated heterocycles. The molecule has 34 heavy (non-hydrogen) atoms. The summed E-state index contributed by atoms with van der Waals surface area (Å²) in [5.41, 5.74) is 7.34. The lowest BCUT2D eigenvalue weighted by Gasteiger charge is -2.09. The summed E-state index contributed by atoms with van der Waals surface area (Å²) in [6, 6.07) is 22.5. The first kappa shape index (κ1) is 23.3. The van der Waals surface area contributed by atoms with Gasteiger partial charge in [-0.3, -0.25) is 9.59 Å². The first-order valence-electron chi connectivity index (χ1n) is 10.8. The van der Waals surface area contributed by atoms with Gasteiger partial charge in [-0.15, -0.1) is 0 Å². The standard InChI is InChI=1S/C27H24ClN3O3/c1-17(20-7-5-4-6-8-20)29-30-26(33)16-34-23-13-14-25-24(15-23)27(19(3)32)18(2)31(25)22-11-9-21(28)10-12-22/h4-15H,16H2,1-3H3,(H,30,33)/b29-17-. The molecule has 0 aliphatic carbocycles. The number of aromatic nitrogens is 1. The van der Waals surface area contributed by atoms with E-state index in [1.807, 2.05) is 79.1 Å². The second-order valence-corrected chi connectivity index (χ2v) is 8.33. The first-order valence-corrected chi connectivity index (χ1v) is 11.2. The number of nitrogens with zero attached hydrogens (tertiary/aromatic N) is 2. The maximum Gasteiger partial charge on any atom is 0.277 e. The largest absolute Gasteiger partial charge is 0.484 e. The van der Waals surface area contributed by atoms with Crippen LogP contribution in [0.2, 0.25) is 5.02 Å². The highest BCUT2D eigenvalue weighted by Gasteiger charge is 2.19. The Morgan fingerprint density at radius 1 is 1.00 bits per heavy atom. The van der Waals surface area contributed by atoms with Crippen LogP contribution in [-0.2, 0) is 4.79 Å². The van der Waals surface area contributed by atoms with E-state index in [0.717, 1.165) is 27.8 Å². The maximum absolute atomic E-state index is 12.5. The van der Waals surface area contributed by atoms with Crippen molar-refractivity contribution in [2.75, 3.05) is 6.61 Å². The number of ketones is 1. The summed E-state index contributed by atoms with van der Waals surface area (Å²) in [6.45, 7) is 5.07. The van der Waals surface area contributed by atoms with Crippen LogP contribution in [0, 0.1) is 6.92 Å². The number of carbonyl (C=O) groups is 2. The van der Waals surface area contributed by atoms with Gasteiger partial charge in [0.05, 0.1) is 11.2 Å². The van der Waals surface area contributed by atoms with Gasteiger partial charge in [-0.25, -0.2) is 5.43 Å². The van der Waals surface area contributed by atoms with Crippen molar-refractivity contribution in [2.24, 2.45) is 5.10 Å². The van der Waals surface area contributed by atoms with Crippen LogP contribution in [0.15, 0.2) is 77.9 Å².